The number of halogens is 1. The van der Waals surface area contributed by atoms with Gasteiger partial charge in [-0.25, -0.2) is 14.1 Å². The second-order valence-electron chi connectivity index (χ2n) is 3.60. The summed E-state index contributed by atoms with van der Waals surface area (Å²) in [6, 6.07) is 3.56. The van der Waals surface area contributed by atoms with E-state index in [-0.39, 0.29) is 5.82 Å². The number of hydrogen-bond donors (Lipinski definition) is 1. The van der Waals surface area contributed by atoms with Gasteiger partial charge in [0.1, 0.15) is 0 Å². The molecule has 0 unspecified atom stereocenters. The van der Waals surface area contributed by atoms with Gasteiger partial charge in [-0.05, 0) is 19.1 Å². The van der Waals surface area contributed by atoms with Crippen LogP contribution in [-0.4, -0.2) is 19.7 Å². The van der Waals surface area contributed by atoms with Crippen LogP contribution in [0.15, 0.2) is 30.7 Å². The van der Waals surface area contributed by atoms with Gasteiger partial charge in [-0.3, -0.25) is 0 Å². The van der Waals surface area contributed by atoms with E-state index in [1.807, 2.05) is 13.0 Å². The number of hydrogen-bond acceptors (Lipinski definition) is 2. The second kappa shape index (κ2) is 3.16. The van der Waals surface area contributed by atoms with Crippen LogP contribution in [0.2, 0.25) is 0 Å². The van der Waals surface area contributed by atoms with Crippen molar-refractivity contribution in [2.75, 3.05) is 0 Å². The standard InChI is InChI=1S/C11H9FN4/c1-7-3-5-16(15-7)11-10-8(2-4-13-10)9(12)6-14-11/h2-6,13H,1H3. The summed E-state index contributed by atoms with van der Waals surface area (Å²) in [7, 11) is 0. The van der Waals surface area contributed by atoms with Crippen LogP contribution >= 0.6 is 0 Å². The van der Waals surface area contributed by atoms with E-state index < -0.39 is 0 Å². The largest absolute Gasteiger partial charge is 0.358 e. The molecule has 0 bridgehead atoms. The molecule has 0 spiro atoms. The molecule has 3 heterocycles. The molecule has 16 heavy (non-hydrogen) atoms. The number of pyridine rings is 1. The van der Waals surface area contributed by atoms with Gasteiger partial charge in [-0.15, -0.1) is 0 Å². The molecule has 4 nitrogen and oxygen atoms in total. The zero-order chi connectivity index (χ0) is 11.1. The Kier molecular flexibility index (Phi) is 1.80. The summed E-state index contributed by atoms with van der Waals surface area (Å²) in [6.45, 7) is 1.89. The minimum Gasteiger partial charge on any atom is -0.358 e. The van der Waals surface area contributed by atoms with E-state index in [2.05, 4.69) is 15.1 Å². The van der Waals surface area contributed by atoms with Crippen molar-refractivity contribution in [3.63, 3.8) is 0 Å². The fourth-order valence-electron chi connectivity index (χ4n) is 1.71. The van der Waals surface area contributed by atoms with Crippen LogP contribution in [0.1, 0.15) is 5.69 Å². The highest BCUT2D eigenvalue weighted by molar-refractivity contribution is 5.85. The first-order chi connectivity index (χ1) is 7.75. The molecule has 0 amide bonds. The highest BCUT2D eigenvalue weighted by atomic mass is 19.1. The Balaban J connectivity index is 2.32. The number of fused-ring (bicyclic) bond motifs is 1. The number of aromatic nitrogens is 4. The van der Waals surface area contributed by atoms with Crippen molar-refractivity contribution in [1.82, 2.24) is 19.7 Å². The maximum Gasteiger partial charge on any atom is 0.177 e. The zero-order valence-corrected chi connectivity index (χ0v) is 8.61. The van der Waals surface area contributed by atoms with E-state index in [0.29, 0.717) is 16.7 Å². The first-order valence-corrected chi connectivity index (χ1v) is 4.90. The van der Waals surface area contributed by atoms with Crippen molar-refractivity contribution in [2.45, 2.75) is 6.92 Å². The first-order valence-electron chi connectivity index (χ1n) is 4.90. The lowest BCUT2D eigenvalue weighted by Crippen LogP contribution is -2.00. The van der Waals surface area contributed by atoms with Crippen molar-refractivity contribution in [2.24, 2.45) is 0 Å². The van der Waals surface area contributed by atoms with Crippen LogP contribution in [0.25, 0.3) is 16.7 Å². The van der Waals surface area contributed by atoms with Crippen molar-refractivity contribution >= 4 is 10.9 Å². The summed E-state index contributed by atoms with van der Waals surface area (Å²) in [5, 5.41) is 4.78. The normalized spacial score (nSPS) is 11.1. The number of aromatic amines is 1. The highest BCUT2D eigenvalue weighted by Gasteiger charge is 2.10. The minimum absolute atomic E-state index is 0.330. The number of H-pyrrole nitrogens is 1. The van der Waals surface area contributed by atoms with E-state index in [1.54, 1.807) is 23.1 Å². The molecule has 0 aromatic carbocycles. The molecule has 0 fully saturated rings. The summed E-state index contributed by atoms with van der Waals surface area (Å²) >= 11 is 0. The average Bonchev–Trinajstić information content (AvgIpc) is 2.87. The van der Waals surface area contributed by atoms with E-state index >= 15 is 0 Å². The molecule has 0 aliphatic carbocycles. The Morgan fingerprint density at radius 1 is 1.38 bits per heavy atom. The van der Waals surface area contributed by atoms with Crippen LogP contribution in [0.4, 0.5) is 4.39 Å². The lowest BCUT2D eigenvalue weighted by Gasteiger charge is -2.02. The Labute approximate surface area is 90.7 Å². The van der Waals surface area contributed by atoms with Crippen LogP contribution in [0, 0.1) is 12.7 Å². The topological polar surface area (TPSA) is 46.5 Å². The maximum absolute atomic E-state index is 13.4. The van der Waals surface area contributed by atoms with Crippen LogP contribution < -0.4 is 0 Å². The van der Waals surface area contributed by atoms with Crippen molar-refractivity contribution in [3.8, 4) is 5.82 Å². The van der Waals surface area contributed by atoms with Gasteiger partial charge in [0.15, 0.2) is 11.6 Å². The Hall–Kier alpha value is -2.17. The van der Waals surface area contributed by atoms with Gasteiger partial charge in [-0.1, -0.05) is 0 Å². The van der Waals surface area contributed by atoms with Crippen LogP contribution in [0.3, 0.4) is 0 Å². The predicted molar refractivity (Wildman–Crippen MR) is 57.9 cm³/mol. The van der Waals surface area contributed by atoms with Crippen LogP contribution in [-0.2, 0) is 0 Å². The van der Waals surface area contributed by atoms with Gasteiger partial charge < -0.3 is 4.98 Å². The summed E-state index contributed by atoms with van der Waals surface area (Å²) < 4.78 is 15.0. The van der Waals surface area contributed by atoms with E-state index in [4.69, 9.17) is 0 Å². The highest BCUT2D eigenvalue weighted by Crippen LogP contribution is 2.20. The number of aryl methyl sites for hydroxylation is 1. The van der Waals surface area contributed by atoms with E-state index in [0.717, 1.165) is 5.69 Å². The van der Waals surface area contributed by atoms with Gasteiger partial charge in [0.05, 0.1) is 17.4 Å². The van der Waals surface area contributed by atoms with Crippen molar-refractivity contribution in [3.05, 3.63) is 42.2 Å². The third-order valence-electron chi connectivity index (χ3n) is 2.47. The SMILES string of the molecule is Cc1ccn(-c2ncc(F)c3cc[nH]c23)n1. The predicted octanol–water partition coefficient (Wildman–Crippen LogP) is 2.20. The molecule has 0 radical (unpaired) electrons. The summed E-state index contributed by atoms with van der Waals surface area (Å²) in [5.41, 5.74) is 1.55. The van der Waals surface area contributed by atoms with Crippen molar-refractivity contribution in [1.29, 1.82) is 0 Å². The van der Waals surface area contributed by atoms with Gasteiger partial charge in [0.25, 0.3) is 0 Å². The Morgan fingerprint density at radius 2 is 2.25 bits per heavy atom. The average molecular weight is 216 g/mol. The van der Waals surface area contributed by atoms with E-state index in [1.165, 1.54) is 6.20 Å². The minimum atomic E-state index is -0.330. The molecule has 0 saturated heterocycles. The third-order valence-corrected chi connectivity index (χ3v) is 2.47. The van der Waals surface area contributed by atoms with Gasteiger partial charge in [-0.2, -0.15) is 5.10 Å². The second-order valence-corrected chi connectivity index (χ2v) is 3.60. The van der Waals surface area contributed by atoms with Crippen LogP contribution in [0.5, 0.6) is 0 Å². The molecule has 0 aliphatic rings. The molecular formula is C11H9FN4. The van der Waals surface area contributed by atoms with Gasteiger partial charge in [0.2, 0.25) is 0 Å². The molecule has 0 aliphatic heterocycles. The molecule has 5 heteroatoms. The lowest BCUT2D eigenvalue weighted by atomic mass is 10.3. The monoisotopic (exact) mass is 216 g/mol. The Bertz CT molecular complexity index is 653. The molecule has 0 saturated carbocycles. The lowest BCUT2D eigenvalue weighted by molar-refractivity contribution is 0.632. The molecule has 1 N–H and O–H groups in total. The number of nitrogens with one attached hydrogen (secondary N) is 1. The van der Waals surface area contributed by atoms with Crippen molar-refractivity contribution < 1.29 is 4.39 Å². The molecule has 80 valence electrons. The smallest absolute Gasteiger partial charge is 0.177 e. The molecule has 3 aromatic heterocycles. The fraction of sp³-hybridized carbons (Fsp3) is 0.0909. The zero-order valence-electron chi connectivity index (χ0n) is 8.61. The molecular weight excluding hydrogens is 207 g/mol. The molecule has 3 aromatic rings. The third kappa shape index (κ3) is 1.21. The number of rotatable bonds is 1. The summed E-state index contributed by atoms with van der Waals surface area (Å²) in [5.74, 6) is 0.276. The maximum atomic E-state index is 13.4. The van der Waals surface area contributed by atoms with Gasteiger partial charge >= 0.3 is 0 Å². The quantitative estimate of drug-likeness (QED) is 0.677. The number of nitrogens with zero attached hydrogens (tertiary/aromatic N) is 3. The van der Waals surface area contributed by atoms with E-state index in [9.17, 15) is 4.39 Å². The Morgan fingerprint density at radius 3 is 3.00 bits per heavy atom. The molecule has 0 atom stereocenters. The first kappa shape index (κ1) is 9.08. The summed E-state index contributed by atoms with van der Waals surface area (Å²) in [4.78, 5) is 7.03. The fourth-order valence-corrected chi connectivity index (χ4v) is 1.71. The van der Waals surface area contributed by atoms with Gasteiger partial charge in [0, 0.05) is 17.8 Å². The molecule has 3 rings (SSSR count). The summed E-state index contributed by atoms with van der Waals surface area (Å²) in [6.07, 6.45) is 4.70.